The van der Waals surface area contributed by atoms with Gasteiger partial charge >= 0.3 is 6.18 Å². The number of benzene rings is 2. The third-order valence-corrected chi connectivity index (χ3v) is 5.09. The van der Waals surface area contributed by atoms with Crippen LogP contribution in [0, 0.1) is 6.92 Å². The maximum atomic E-state index is 13.0. The van der Waals surface area contributed by atoms with Gasteiger partial charge in [0.1, 0.15) is 0 Å². The highest BCUT2D eigenvalue weighted by Crippen LogP contribution is 2.38. The predicted octanol–water partition coefficient (Wildman–Crippen LogP) is 6.14. The van der Waals surface area contributed by atoms with Crippen LogP contribution >= 0.6 is 11.3 Å². The molecule has 2 aromatic carbocycles. The second-order valence-electron chi connectivity index (χ2n) is 6.23. The maximum Gasteiger partial charge on any atom is 0.416 e. The molecule has 0 radical (unpaired) electrons. The van der Waals surface area contributed by atoms with Crippen molar-refractivity contribution in [1.82, 2.24) is 5.32 Å². The summed E-state index contributed by atoms with van der Waals surface area (Å²) in [6.07, 6.45) is -4.46. The number of amides is 1. The minimum Gasteiger partial charge on any atom is -0.670 e. The van der Waals surface area contributed by atoms with Crippen molar-refractivity contribution in [3.8, 4) is 0 Å². The van der Waals surface area contributed by atoms with E-state index in [2.05, 4.69) is 10.6 Å². The number of alkyl halides is 3. The van der Waals surface area contributed by atoms with Gasteiger partial charge in [0.2, 0.25) is 5.91 Å². The topological polar surface area (TPSA) is 43.2 Å². The second-order valence-corrected chi connectivity index (χ2v) is 7.55. The zero-order valence-corrected chi connectivity index (χ0v) is 15.8. The van der Waals surface area contributed by atoms with E-state index in [1.54, 1.807) is 6.07 Å². The van der Waals surface area contributed by atoms with Gasteiger partial charge in [-0.25, -0.2) is 0 Å². The summed E-state index contributed by atoms with van der Waals surface area (Å²) in [4.78, 5) is 14.5. The molecule has 1 N–H and O–H groups in total. The largest absolute Gasteiger partial charge is 0.670 e. The average Bonchev–Trinajstić information content (AvgIpc) is 3.10. The van der Waals surface area contributed by atoms with E-state index in [9.17, 15) is 18.0 Å². The lowest BCUT2D eigenvalue weighted by Gasteiger charge is -2.32. The van der Waals surface area contributed by atoms with Crippen molar-refractivity contribution >= 4 is 22.9 Å². The van der Waals surface area contributed by atoms with Crippen LogP contribution in [0.3, 0.4) is 0 Å². The number of rotatable bonds is 6. The molecule has 0 saturated heterocycles. The van der Waals surface area contributed by atoms with Crippen molar-refractivity contribution in [3.63, 3.8) is 0 Å². The van der Waals surface area contributed by atoms with Crippen LogP contribution in [0.15, 0.2) is 66.7 Å². The Kier molecular flexibility index (Phi) is 6.04. The molecule has 3 aromatic rings. The number of halogens is 3. The molecule has 7 heteroatoms. The molecule has 3 rings (SSSR count). The molecule has 1 amide bonds. The molecule has 0 saturated carbocycles. The van der Waals surface area contributed by atoms with Crippen molar-refractivity contribution in [2.24, 2.45) is 0 Å². The van der Waals surface area contributed by atoms with Crippen LogP contribution in [0.5, 0.6) is 0 Å². The van der Waals surface area contributed by atoms with Crippen molar-refractivity contribution in [2.45, 2.75) is 25.7 Å². The highest BCUT2D eigenvalue weighted by atomic mass is 32.1. The molecule has 0 aliphatic rings. The lowest BCUT2D eigenvalue weighted by atomic mass is 10.1. The van der Waals surface area contributed by atoms with E-state index in [4.69, 9.17) is 0 Å². The van der Waals surface area contributed by atoms with Crippen LogP contribution in [0.25, 0.3) is 5.32 Å². The first-order valence-electron chi connectivity index (χ1n) is 8.59. The quantitative estimate of drug-likeness (QED) is 0.528. The molecule has 0 aliphatic heterocycles. The fourth-order valence-corrected chi connectivity index (χ4v) is 3.56. The van der Waals surface area contributed by atoms with Gasteiger partial charge in [0.25, 0.3) is 0 Å². The van der Waals surface area contributed by atoms with E-state index < -0.39 is 17.8 Å². The summed E-state index contributed by atoms with van der Waals surface area (Å²) >= 11 is 1.40. The van der Waals surface area contributed by atoms with E-state index in [0.29, 0.717) is 11.4 Å². The Morgan fingerprint density at radius 1 is 1.07 bits per heavy atom. The van der Waals surface area contributed by atoms with Crippen LogP contribution in [0.4, 0.5) is 18.9 Å². The number of nitrogens with one attached hydrogen (secondary N) is 1. The Morgan fingerprint density at radius 3 is 2.46 bits per heavy atom. The first-order chi connectivity index (χ1) is 13.3. The smallest absolute Gasteiger partial charge is 0.416 e. The summed E-state index contributed by atoms with van der Waals surface area (Å²) < 4.78 is 38.9. The molecular formula is C21H18F3N2OS-. The molecule has 1 aromatic heterocycles. The van der Waals surface area contributed by atoms with Gasteiger partial charge in [-0.1, -0.05) is 54.6 Å². The summed E-state index contributed by atoms with van der Waals surface area (Å²) in [5.74, 6) is -0.358. The molecule has 0 bridgehead atoms. The number of carbonyl (C=O) groups is 1. The minimum absolute atomic E-state index is 0.112. The fraction of sp³-hybridized carbons (Fsp3) is 0.190. The fourth-order valence-electron chi connectivity index (χ4n) is 2.65. The van der Waals surface area contributed by atoms with E-state index in [1.165, 1.54) is 23.5 Å². The van der Waals surface area contributed by atoms with Crippen molar-refractivity contribution < 1.29 is 18.0 Å². The van der Waals surface area contributed by atoms with Gasteiger partial charge in [-0.05, 0) is 35.5 Å². The lowest BCUT2D eigenvalue weighted by molar-refractivity contribution is -0.137. The van der Waals surface area contributed by atoms with E-state index in [0.717, 1.165) is 22.6 Å². The zero-order chi connectivity index (χ0) is 20.1. The van der Waals surface area contributed by atoms with Gasteiger partial charge in [-0.15, -0.1) is 17.0 Å². The van der Waals surface area contributed by atoms with Crippen LogP contribution < -0.4 is 5.32 Å². The van der Waals surface area contributed by atoms with Crippen molar-refractivity contribution in [3.05, 3.63) is 92.9 Å². The SMILES string of the molecule is Cc1ccc(C([N-]c2cccc(C(F)(F)F)c2)C(=O)NCc2ccccc2)s1. The molecule has 1 atom stereocenters. The third-order valence-electron chi connectivity index (χ3n) is 4.04. The Balaban J connectivity index is 1.80. The predicted molar refractivity (Wildman–Crippen MR) is 105 cm³/mol. The highest BCUT2D eigenvalue weighted by Gasteiger charge is 2.29. The summed E-state index contributed by atoms with van der Waals surface area (Å²) in [5.41, 5.74) is 0.247. The van der Waals surface area contributed by atoms with Crippen LogP contribution in [-0.4, -0.2) is 5.91 Å². The Hall–Kier alpha value is -2.80. The number of hydrogen-bond donors (Lipinski definition) is 1. The molecular weight excluding hydrogens is 385 g/mol. The minimum atomic E-state index is -4.46. The monoisotopic (exact) mass is 403 g/mol. The number of thiophene rings is 1. The van der Waals surface area contributed by atoms with E-state index in [1.807, 2.05) is 43.3 Å². The summed E-state index contributed by atoms with van der Waals surface area (Å²) in [5, 5.41) is 7.15. The maximum absolute atomic E-state index is 13.0. The second kappa shape index (κ2) is 8.48. The average molecular weight is 403 g/mol. The van der Waals surface area contributed by atoms with Gasteiger partial charge < -0.3 is 10.6 Å². The molecule has 0 fully saturated rings. The standard InChI is InChI=1S/C21H18F3N2OS/c1-14-10-11-18(28-14)19(20(27)25-13-15-6-3-2-4-7-15)26-17-9-5-8-16(12-17)21(22,23)24/h2-12,19H,13H2,1H3,(H,25,27)/q-1. The van der Waals surface area contributed by atoms with Gasteiger partial charge in [-0.2, -0.15) is 13.2 Å². The van der Waals surface area contributed by atoms with Gasteiger partial charge in [0.15, 0.2) is 0 Å². The van der Waals surface area contributed by atoms with Crippen LogP contribution in [0.2, 0.25) is 0 Å². The summed E-state index contributed by atoms with van der Waals surface area (Å²) in [6, 6.07) is 16.8. The summed E-state index contributed by atoms with van der Waals surface area (Å²) in [6.45, 7) is 2.22. The molecule has 28 heavy (non-hydrogen) atoms. The normalized spacial score (nSPS) is 12.4. The first-order valence-corrected chi connectivity index (χ1v) is 9.40. The number of nitrogens with zero attached hydrogens (tertiary/aromatic N) is 1. The highest BCUT2D eigenvalue weighted by molar-refractivity contribution is 7.12. The molecule has 0 spiro atoms. The number of carbonyl (C=O) groups excluding carboxylic acids is 1. The first kappa shape index (κ1) is 19.9. The molecule has 0 aliphatic carbocycles. The molecule has 146 valence electrons. The van der Waals surface area contributed by atoms with Crippen molar-refractivity contribution in [2.75, 3.05) is 0 Å². The number of aryl methyl sites for hydroxylation is 1. The van der Waals surface area contributed by atoms with Crippen LogP contribution in [0.1, 0.15) is 26.9 Å². The Bertz CT molecular complexity index is 938. The lowest BCUT2D eigenvalue weighted by Crippen LogP contribution is -2.28. The van der Waals surface area contributed by atoms with Gasteiger partial charge in [-0.3, -0.25) is 4.79 Å². The van der Waals surface area contributed by atoms with Gasteiger partial charge in [0.05, 0.1) is 5.56 Å². The third kappa shape index (κ3) is 5.13. The van der Waals surface area contributed by atoms with Crippen molar-refractivity contribution in [1.29, 1.82) is 0 Å². The Morgan fingerprint density at radius 2 is 1.82 bits per heavy atom. The summed E-state index contributed by atoms with van der Waals surface area (Å²) in [7, 11) is 0. The zero-order valence-electron chi connectivity index (χ0n) is 15.0. The molecule has 1 heterocycles. The van der Waals surface area contributed by atoms with Crippen LogP contribution in [-0.2, 0) is 17.5 Å². The van der Waals surface area contributed by atoms with Gasteiger partial charge in [0, 0.05) is 11.4 Å². The van der Waals surface area contributed by atoms with E-state index >= 15 is 0 Å². The Labute approximate surface area is 165 Å². The van der Waals surface area contributed by atoms with E-state index in [-0.39, 0.29) is 11.6 Å². The molecule has 3 nitrogen and oxygen atoms in total. The molecule has 1 unspecified atom stereocenters. The number of hydrogen-bond acceptors (Lipinski definition) is 2.